The second-order valence-corrected chi connectivity index (χ2v) is 3.13. The molecule has 14 heavy (non-hydrogen) atoms. The Labute approximate surface area is 84.1 Å². The quantitative estimate of drug-likeness (QED) is 0.576. The van der Waals surface area contributed by atoms with E-state index in [-0.39, 0.29) is 5.91 Å². The Hall–Kier alpha value is -1.10. The van der Waals surface area contributed by atoms with Crippen molar-refractivity contribution in [2.24, 2.45) is 0 Å². The monoisotopic (exact) mass is 202 g/mol. The van der Waals surface area contributed by atoms with E-state index in [4.69, 9.17) is 9.90 Å². The SMILES string of the molecule is CC(=O)N1CCCNCC1.CC(=O)O. The molecule has 0 bridgehead atoms. The number of nitrogens with zero attached hydrogens (tertiary/aromatic N) is 1. The zero-order valence-electron chi connectivity index (χ0n) is 8.75. The number of amides is 1. The highest BCUT2D eigenvalue weighted by molar-refractivity contribution is 5.73. The zero-order chi connectivity index (χ0) is 11.0. The first-order valence-electron chi connectivity index (χ1n) is 4.70. The van der Waals surface area contributed by atoms with Crippen molar-refractivity contribution >= 4 is 11.9 Å². The molecule has 5 nitrogen and oxygen atoms in total. The summed E-state index contributed by atoms with van der Waals surface area (Å²) < 4.78 is 0. The number of carbonyl (C=O) groups excluding carboxylic acids is 1. The number of hydrogen-bond donors (Lipinski definition) is 2. The first-order valence-corrected chi connectivity index (χ1v) is 4.70. The zero-order valence-corrected chi connectivity index (χ0v) is 8.75. The summed E-state index contributed by atoms with van der Waals surface area (Å²) in [6.45, 7) is 6.49. The fraction of sp³-hybridized carbons (Fsp3) is 0.778. The van der Waals surface area contributed by atoms with Gasteiger partial charge in [-0.25, -0.2) is 0 Å². The van der Waals surface area contributed by atoms with Gasteiger partial charge in [0.1, 0.15) is 0 Å². The highest BCUT2D eigenvalue weighted by Gasteiger charge is 2.09. The normalized spacial score (nSPS) is 16.3. The van der Waals surface area contributed by atoms with Gasteiger partial charge in [-0.15, -0.1) is 0 Å². The lowest BCUT2D eigenvalue weighted by Crippen LogP contribution is -2.32. The molecule has 0 aliphatic carbocycles. The molecule has 2 N–H and O–H groups in total. The highest BCUT2D eigenvalue weighted by atomic mass is 16.4. The molecule has 82 valence electrons. The van der Waals surface area contributed by atoms with E-state index in [0.29, 0.717) is 0 Å². The van der Waals surface area contributed by atoms with Crippen molar-refractivity contribution in [1.82, 2.24) is 10.2 Å². The maximum absolute atomic E-state index is 10.8. The largest absolute Gasteiger partial charge is 0.481 e. The molecule has 1 aliphatic rings. The van der Waals surface area contributed by atoms with Crippen LogP contribution < -0.4 is 5.32 Å². The van der Waals surface area contributed by atoms with Gasteiger partial charge in [0.05, 0.1) is 0 Å². The van der Waals surface area contributed by atoms with Gasteiger partial charge < -0.3 is 15.3 Å². The average molecular weight is 202 g/mol. The van der Waals surface area contributed by atoms with Crippen molar-refractivity contribution in [3.05, 3.63) is 0 Å². The second-order valence-electron chi connectivity index (χ2n) is 3.13. The van der Waals surface area contributed by atoms with Crippen LogP contribution in [0.1, 0.15) is 20.3 Å². The fourth-order valence-corrected chi connectivity index (χ4v) is 1.16. The molecule has 5 heteroatoms. The lowest BCUT2D eigenvalue weighted by molar-refractivity contribution is -0.134. The molecule has 1 amide bonds. The van der Waals surface area contributed by atoms with Crippen molar-refractivity contribution in [3.63, 3.8) is 0 Å². The van der Waals surface area contributed by atoms with Crippen molar-refractivity contribution in [2.45, 2.75) is 20.3 Å². The number of hydrogen-bond acceptors (Lipinski definition) is 3. The molecule has 1 saturated heterocycles. The number of rotatable bonds is 0. The Kier molecular flexibility index (Phi) is 6.74. The lowest BCUT2D eigenvalue weighted by atomic mass is 10.4. The maximum atomic E-state index is 10.8. The minimum absolute atomic E-state index is 0.198. The number of aliphatic carboxylic acids is 1. The smallest absolute Gasteiger partial charge is 0.300 e. The van der Waals surface area contributed by atoms with E-state index >= 15 is 0 Å². The Balaban J connectivity index is 0.000000364. The predicted molar refractivity (Wildman–Crippen MR) is 53.1 cm³/mol. The molecule has 0 spiro atoms. The Bertz CT molecular complexity index is 182. The fourth-order valence-electron chi connectivity index (χ4n) is 1.16. The summed E-state index contributed by atoms with van der Waals surface area (Å²) in [6.07, 6.45) is 1.08. The van der Waals surface area contributed by atoms with Gasteiger partial charge in [0.25, 0.3) is 5.97 Å². The van der Waals surface area contributed by atoms with E-state index in [1.165, 1.54) is 0 Å². The summed E-state index contributed by atoms with van der Waals surface area (Å²) in [4.78, 5) is 21.7. The second kappa shape index (κ2) is 7.32. The highest BCUT2D eigenvalue weighted by Crippen LogP contribution is 1.94. The van der Waals surface area contributed by atoms with Crippen LogP contribution in [0, 0.1) is 0 Å². The van der Waals surface area contributed by atoms with E-state index in [1.54, 1.807) is 6.92 Å². The van der Waals surface area contributed by atoms with Crippen LogP contribution in [0.3, 0.4) is 0 Å². The number of carboxylic acids is 1. The van der Waals surface area contributed by atoms with E-state index in [9.17, 15) is 4.79 Å². The van der Waals surface area contributed by atoms with Gasteiger partial charge in [-0.3, -0.25) is 9.59 Å². The van der Waals surface area contributed by atoms with Crippen molar-refractivity contribution in [1.29, 1.82) is 0 Å². The molecule has 0 aromatic heterocycles. The summed E-state index contributed by atoms with van der Waals surface area (Å²) >= 11 is 0. The van der Waals surface area contributed by atoms with Crippen LogP contribution in [0.25, 0.3) is 0 Å². The van der Waals surface area contributed by atoms with Gasteiger partial charge in [0, 0.05) is 33.5 Å². The van der Waals surface area contributed by atoms with E-state index in [2.05, 4.69) is 5.32 Å². The molecule has 1 aliphatic heterocycles. The van der Waals surface area contributed by atoms with Crippen LogP contribution in [0.4, 0.5) is 0 Å². The molecule has 0 saturated carbocycles. The van der Waals surface area contributed by atoms with E-state index in [0.717, 1.165) is 39.5 Å². The Morgan fingerprint density at radius 2 is 1.79 bits per heavy atom. The van der Waals surface area contributed by atoms with Crippen LogP contribution in [-0.2, 0) is 9.59 Å². The van der Waals surface area contributed by atoms with Gasteiger partial charge in [0.2, 0.25) is 5.91 Å². The van der Waals surface area contributed by atoms with Crippen molar-refractivity contribution < 1.29 is 14.7 Å². The molecule has 1 heterocycles. The topological polar surface area (TPSA) is 69.6 Å². The Morgan fingerprint density at radius 3 is 2.29 bits per heavy atom. The first-order chi connectivity index (χ1) is 6.54. The summed E-state index contributed by atoms with van der Waals surface area (Å²) in [5, 5.41) is 10.7. The predicted octanol–water partition coefficient (Wildman–Crippen LogP) is -0.0809. The third-order valence-corrected chi connectivity index (χ3v) is 1.79. The Morgan fingerprint density at radius 1 is 1.21 bits per heavy atom. The van der Waals surface area contributed by atoms with E-state index in [1.807, 2.05) is 4.90 Å². The minimum atomic E-state index is -0.833. The van der Waals surface area contributed by atoms with Crippen LogP contribution in [0.2, 0.25) is 0 Å². The third-order valence-electron chi connectivity index (χ3n) is 1.79. The third kappa shape index (κ3) is 7.54. The molecule has 0 unspecified atom stereocenters. The molecule has 0 atom stereocenters. The van der Waals surface area contributed by atoms with Gasteiger partial charge >= 0.3 is 0 Å². The maximum Gasteiger partial charge on any atom is 0.300 e. The average Bonchev–Trinajstić information content (AvgIpc) is 2.29. The van der Waals surface area contributed by atoms with Crippen LogP contribution in [0.5, 0.6) is 0 Å². The molecule has 0 aromatic rings. The molecule has 0 aromatic carbocycles. The summed E-state index contributed by atoms with van der Waals surface area (Å²) in [5.41, 5.74) is 0. The molecule has 1 fully saturated rings. The van der Waals surface area contributed by atoms with Crippen molar-refractivity contribution in [2.75, 3.05) is 26.2 Å². The van der Waals surface area contributed by atoms with Crippen LogP contribution in [0.15, 0.2) is 0 Å². The van der Waals surface area contributed by atoms with Gasteiger partial charge in [-0.2, -0.15) is 0 Å². The lowest BCUT2D eigenvalue weighted by Gasteiger charge is -2.16. The van der Waals surface area contributed by atoms with Gasteiger partial charge in [0.15, 0.2) is 0 Å². The standard InChI is InChI=1S/C7H14N2O.C2H4O2/c1-7(10)9-5-2-3-8-4-6-9;1-2(3)4/h8H,2-6H2,1H3;1H3,(H,3,4). The number of nitrogens with one attached hydrogen (secondary N) is 1. The summed E-state index contributed by atoms with van der Waals surface area (Å²) in [6, 6.07) is 0. The molecule has 0 radical (unpaired) electrons. The summed E-state index contributed by atoms with van der Waals surface area (Å²) in [7, 11) is 0. The summed E-state index contributed by atoms with van der Waals surface area (Å²) in [5.74, 6) is -0.635. The molecule has 1 rings (SSSR count). The van der Waals surface area contributed by atoms with Crippen molar-refractivity contribution in [3.8, 4) is 0 Å². The first kappa shape index (κ1) is 12.9. The number of carboxylic acid groups (broad SMARTS) is 1. The van der Waals surface area contributed by atoms with Gasteiger partial charge in [-0.1, -0.05) is 0 Å². The molecular formula is C9H18N2O3. The molecular weight excluding hydrogens is 184 g/mol. The number of carbonyl (C=O) groups is 2. The minimum Gasteiger partial charge on any atom is -0.481 e. The van der Waals surface area contributed by atoms with E-state index < -0.39 is 5.97 Å². The van der Waals surface area contributed by atoms with Crippen LogP contribution >= 0.6 is 0 Å². The van der Waals surface area contributed by atoms with Crippen LogP contribution in [-0.4, -0.2) is 48.1 Å². The van der Waals surface area contributed by atoms with Gasteiger partial charge in [-0.05, 0) is 13.0 Å².